The molecule has 0 saturated heterocycles. The summed E-state index contributed by atoms with van der Waals surface area (Å²) in [6.07, 6.45) is 0. The Morgan fingerprint density at radius 1 is 0.862 bits per heavy atom. The van der Waals surface area contributed by atoms with Crippen LogP contribution in [0.3, 0.4) is 0 Å². The van der Waals surface area contributed by atoms with Crippen LogP contribution >= 0.6 is 11.3 Å². The number of benzene rings is 2. The average Bonchev–Trinajstić information content (AvgIpc) is 3.37. The number of nitrogens with zero attached hydrogens (tertiary/aromatic N) is 1. The van der Waals surface area contributed by atoms with E-state index in [2.05, 4.69) is 40.5 Å². The number of allylic oxidation sites excluding steroid dienone is 1. The molecule has 0 spiro atoms. The number of rotatable bonds is 4. The van der Waals surface area contributed by atoms with Gasteiger partial charge in [-0.1, -0.05) is 47.6 Å². The topological polar surface area (TPSA) is 55.7 Å². The number of ketones is 1. The lowest BCUT2D eigenvalue weighted by atomic mass is 9.95. The SMILES string of the molecule is CC(=O)O/N=C(/C)C(=O)c1ccc2c(c1)/C(=C(/C)c1cccs1)c1ccccc1-2. The van der Waals surface area contributed by atoms with Crippen LogP contribution in [0.25, 0.3) is 22.3 Å². The zero-order chi connectivity index (χ0) is 20.5. The van der Waals surface area contributed by atoms with Crippen molar-refractivity contribution in [3.05, 3.63) is 81.5 Å². The van der Waals surface area contributed by atoms with Crippen LogP contribution in [0.2, 0.25) is 0 Å². The van der Waals surface area contributed by atoms with Crippen molar-refractivity contribution in [3.63, 3.8) is 0 Å². The standard InChI is InChI=1S/C24H19NO3S/c1-14(22-9-6-12-29-22)23-20-8-5-4-7-18(20)19-11-10-17(13-21(19)23)24(27)15(2)25-28-16(3)26/h4-13H,1-3H3/b23-14-,25-15-. The van der Waals surface area contributed by atoms with E-state index in [0.717, 1.165) is 22.3 Å². The predicted octanol–water partition coefficient (Wildman–Crippen LogP) is 5.83. The molecular formula is C24H19NO3S. The quantitative estimate of drug-likeness (QED) is 0.187. The predicted molar refractivity (Wildman–Crippen MR) is 117 cm³/mol. The summed E-state index contributed by atoms with van der Waals surface area (Å²) in [5.74, 6) is -0.823. The Labute approximate surface area is 173 Å². The van der Waals surface area contributed by atoms with E-state index in [1.165, 1.54) is 22.9 Å². The van der Waals surface area contributed by atoms with Gasteiger partial charge in [0.1, 0.15) is 5.71 Å². The molecule has 1 aliphatic rings. The molecule has 4 rings (SSSR count). The van der Waals surface area contributed by atoms with Crippen molar-refractivity contribution in [2.24, 2.45) is 5.16 Å². The summed E-state index contributed by atoms with van der Waals surface area (Å²) in [4.78, 5) is 29.6. The van der Waals surface area contributed by atoms with Gasteiger partial charge in [0.25, 0.3) is 0 Å². The highest BCUT2D eigenvalue weighted by molar-refractivity contribution is 7.11. The van der Waals surface area contributed by atoms with E-state index in [4.69, 9.17) is 0 Å². The molecule has 1 aliphatic carbocycles. The minimum Gasteiger partial charge on any atom is -0.318 e. The molecule has 0 bridgehead atoms. The number of oxime groups is 1. The maximum atomic E-state index is 12.8. The molecule has 0 unspecified atom stereocenters. The minimum atomic E-state index is -0.557. The van der Waals surface area contributed by atoms with Crippen LogP contribution in [0.1, 0.15) is 47.1 Å². The van der Waals surface area contributed by atoms with Crippen molar-refractivity contribution in [1.29, 1.82) is 0 Å². The van der Waals surface area contributed by atoms with Gasteiger partial charge < -0.3 is 4.84 Å². The molecule has 0 saturated carbocycles. The Hall–Kier alpha value is -3.31. The average molecular weight is 401 g/mol. The minimum absolute atomic E-state index is 0.135. The molecule has 144 valence electrons. The number of hydrogen-bond acceptors (Lipinski definition) is 5. The molecule has 2 aromatic carbocycles. The first kappa shape index (κ1) is 19.0. The largest absolute Gasteiger partial charge is 0.331 e. The summed E-state index contributed by atoms with van der Waals surface area (Å²) < 4.78 is 0. The Bertz CT molecular complexity index is 1190. The second-order valence-electron chi connectivity index (χ2n) is 6.87. The van der Waals surface area contributed by atoms with Crippen LogP contribution < -0.4 is 0 Å². The van der Waals surface area contributed by atoms with Crippen LogP contribution in [0.5, 0.6) is 0 Å². The van der Waals surface area contributed by atoms with E-state index in [-0.39, 0.29) is 11.5 Å². The number of Topliss-reactive ketones (excluding diaryl/α,β-unsaturated/α-hetero) is 1. The third-order valence-corrected chi connectivity index (χ3v) is 5.93. The van der Waals surface area contributed by atoms with Crippen LogP contribution in [0, 0.1) is 0 Å². The first-order valence-corrected chi connectivity index (χ1v) is 10.1. The Balaban J connectivity index is 1.85. The first-order valence-electron chi connectivity index (χ1n) is 9.23. The van der Waals surface area contributed by atoms with Crippen molar-refractivity contribution in [1.82, 2.24) is 0 Å². The number of carbonyl (C=O) groups is 2. The summed E-state index contributed by atoms with van der Waals surface area (Å²) >= 11 is 1.70. The normalized spacial score (nSPS) is 14.2. The molecule has 0 radical (unpaired) electrons. The highest BCUT2D eigenvalue weighted by atomic mass is 32.1. The molecule has 0 amide bonds. The van der Waals surface area contributed by atoms with Gasteiger partial charge in [0.15, 0.2) is 0 Å². The van der Waals surface area contributed by atoms with Crippen LogP contribution in [-0.2, 0) is 9.63 Å². The van der Waals surface area contributed by atoms with Crippen LogP contribution in [-0.4, -0.2) is 17.5 Å². The van der Waals surface area contributed by atoms with E-state index in [1.54, 1.807) is 24.3 Å². The number of thiophene rings is 1. The third-order valence-electron chi connectivity index (χ3n) is 4.94. The number of carbonyl (C=O) groups excluding carboxylic acids is 2. The van der Waals surface area contributed by atoms with E-state index >= 15 is 0 Å². The molecule has 1 aromatic heterocycles. The van der Waals surface area contributed by atoms with Crippen molar-refractivity contribution >= 4 is 39.9 Å². The van der Waals surface area contributed by atoms with Crippen molar-refractivity contribution in [3.8, 4) is 11.1 Å². The lowest BCUT2D eigenvalue weighted by Crippen LogP contribution is -2.12. The molecule has 5 heteroatoms. The lowest BCUT2D eigenvalue weighted by molar-refractivity contribution is -0.140. The van der Waals surface area contributed by atoms with Gasteiger partial charge in [0.2, 0.25) is 5.78 Å². The first-order chi connectivity index (χ1) is 14.0. The van der Waals surface area contributed by atoms with Gasteiger partial charge in [-0.3, -0.25) is 4.79 Å². The van der Waals surface area contributed by atoms with Gasteiger partial charge in [-0.15, -0.1) is 11.3 Å². The molecule has 0 atom stereocenters. The Kier molecular flexibility index (Phi) is 4.99. The molecule has 3 aromatic rings. The van der Waals surface area contributed by atoms with E-state index < -0.39 is 5.97 Å². The van der Waals surface area contributed by atoms with Gasteiger partial charge in [0.05, 0.1) is 0 Å². The third kappa shape index (κ3) is 3.45. The van der Waals surface area contributed by atoms with Gasteiger partial charge in [-0.2, -0.15) is 0 Å². The molecule has 0 fully saturated rings. The van der Waals surface area contributed by atoms with Crippen molar-refractivity contribution in [2.45, 2.75) is 20.8 Å². The Morgan fingerprint density at radius 2 is 1.59 bits per heavy atom. The fourth-order valence-corrected chi connectivity index (χ4v) is 4.35. The van der Waals surface area contributed by atoms with Crippen LogP contribution in [0.4, 0.5) is 0 Å². The summed E-state index contributed by atoms with van der Waals surface area (Å²) in [5.41, 5.74) is 7.45. The Morgan fingerprint density at radius 3 is 2.28 bits per heavy atom. The van der Waals surface area contributed by atoms with Crippen molar-refractivity contribution < 1.29 is 14.4 Å². The summed E-state index contributed by atoms with van der Waals surface area (Å²) in [6.45, 7) is 4.91. The number of hydrogen-bond donors (Lipinski definition) is 0. The summed E-state index contributed by atoms with van der Waals surface area (Å²) in [5, 5.41) is 5.70. The van der Waals surface area contributed by atoms with Crippen molar-refractivity contribution in [2.75, 3.05) is 0 Å². The maximum absolute atomic E-state index is 12.8. The number of fused-ring (bicyclic) bond motifs is 3. The van der Waals surface area contributed by atoms with Crippen LogP contribution in [0.15, 0.2) is 65.1 Å². The molecular weight excluding hydrogens is 382 g/mol. The maximum Gasteiger partial charge on any atom is 0.331 e. The fourth-order valence-electron chi connectivity index (χ4n) is 3.61. The van der Waals surface area contributed by atoms with Gasteiger partial charge in [-0.05, 0) is 64.8 Å². The van der Waals surface area contributed by atoms with E-state index in [1.807, 2.05) is 30.3 Å². The van der Waals surface area contributed by atoms with Gasteiger partial charge in [-0.25, -0.2) is 4.79 Å². The monoisotopic (exact) mass is 401 g/mol. The second-order valence-corrected chi connectivity index (χ2v) is 7.82. The molecule has 29 heavy (non-hydrogen) atoms. The molecule has 4 nitrogen and oxygen atoms in total. The molecule has 0 aliphatic heterocycles. The molecule has 0 N–H and O–H groups in total. The highest BCUT2D eigenvalue weighted by Crippen LogP contribution is 2.47. The highest BCUT2D eigenvalue weighted by Gasteiger charge is 2.26. The van der Waals surface area contributed by atoms with Gasteiger partial charge >= 0.3 is 5.97 Å². The molecule has 1 heterocycles. The lowest BCUT2D eigenvalue weighted by Gasteiger charge is -2.09. The van der Waals surface area contributed by atoms with Gasteiger partial charge in [0, 0.05) is 17.4 Å². The summed E-state index contributed by atoms with van der Waals surface area (Å²) in [6, 6.07) is 18.1. The van der Waals surface area contributed by atoms with E-state index in [9.17, 15) is 9.59 Å². The summed E-state index contributed by atoms with van der Waals surface area (Å²) in [7, 11) is 0. The second kappa shape index (κ2) is 7.60. The smallest absolute Gasteiger partial charge is 0.318 e. The van der Waals surface area contributed by atoms with E-state index in [0.29, 0.717) is 5.56 Å². The zero-order valence-electron chi connectivity index (χ0n) is 16.4. The zero-order valence-corrected chi connectivity index (χ0v) is 17.2. The fraction of sp³-hybridized carbons (Fsp3) is 0.125.